The number of benzene rings is 2. The van der Waals surface area contributed by atoms with E-state index in [1.165, 1.54) is 0 Å². The summed E-state index contributed by atoms with van der Waals surface area (Å²) >= 11 is 0. The maximum Gasteiger partial charge on any atom is 0.252 e. The van der Waals surface area contributed by atoms with Crippen LogP contribution < -0.4 is 5.32 Å². The maximum atomic E-state index is 13.0. The number of nitrogens with zero attached hydrogens (tertiary/aromatic N) is 1. The Balaban J connectivity index is 1.63. The number of ether oxygens (including phenoxy) is 1. The topological polar surface area (TPSA) is 58.6 Å². The molecule has 0 bridgehead atoms. The Morgan fingerprint density at radius 1 is 1.00 bits per heavy atom. The van der Waals surface area contributed by atoms with Gasteiger partial charge in [-0.2, -0.15) is 0 Å². The van der Waals surface area contributed by atoms with Crippen LogP contribution in [0.25, 0.3) is 0 Å². The van der Waals surface area contributed by atoms with Crippen molar-refractivity contribution in [2.45, 2.75) is 20.3 Å². The van der Waals surface area contributed by atoms with Crippen molar-refractivity contribution in [2.75, 3.05) is 39.4 Å². The summed E-state index contributed by atoms with van der Waals surface area (Å²) < 4.78 is 5.34. The predicted octanol–water partition coefficient (Wildman–Crippen LogP) is 2.99. The predicted molar refractivity (Wildman–Crippen MR) is 110 cm³/mol. The van der Waals surface area contributed by atoms with Gasteiger partial charge in [0, 0.05) is 30.8 Å². The molecule has 0 saturated carbocycles. The average molecular weight is 380 g/mol. The van der Waals surface area contributed by atoms with Gasteiger partial charge in [-0.25, -0.2) is 0 Å². The highest BCUT2D eigenvalue weighted by Crippen LogP contribution is 2.17. The van der Waals surface area contributed by atoms with Gasteiger partial charge in [0.1, 0.15) is 0 Å². The Morgan fingerprint density at radius 2 is 1.71 bits per heavy atom. The third-order valence-corrected chi connectivity index (χ3v) is 5.23. The Labute approximate surface area is 166 Å². The summed E-state index contributed by atoms with van der Waals surface area (Å²) in [6.07, 6.45) is 0.874. The number of rotatable bonds is 7. The minimum Gasteiger partial charge on any atom is -0.379 e. The molecule has 1 saturated heterocycles. The number of hydrogen-bond donors (Lipinski definition) is 1. The Morgan fingerprint density at radius 3 is 2.43 bits per heavy atom. The molecule has 1 aliphatic heterocycles. The van der Waals surface area contributed by atoms with Crippen molar-refractivity contribution in [1.29, 1.82) is 0 Å². The molecule has 3 rings (SSSR count). The molecule has 2 aromatic carbocycles. The summed E-state index contributed by atoms with van der Waals surface area (Å²) in [5.41, 5.74) is 3.68. The quantitative estimate of drug-likeness (QED) is 0.593. The van der Waals surface area contributed by atoms with Crippen LogP contribution in [0.4, 0.5) is 0 Å². The number of amides is 1. The first-order chi connectivity index (χ1) is 13.6. The fraction of sp³-hybridized carbons (Fsp3) is 0.391. The first-order valence-corrected chi connectivity index (χ1v) is 9.85. The van der Waals surface area contributed by atoms with Crippen molar-refractivity contribution < 1.29 is 14.3 Å². The maximum absolute atomic E-state index is 13.0. The average Bonchev–Trinajstić information content (AvgIpc) is 2.73. The van der Waals surface area contributed by atoms with Gasteiger partial charge in [-0.1, -0.05) is 30.3 Å². The zero-order valence-electron chi connectivity index (χ0n) is 16.7. The standard InChI is InChI=1S/C23H28N2O3/c1-17-8-9-19(16-18(17)2)22(26)20-6-3-4-7-21(20)23(27)24-10-5-11-25-12-14-28-15-13-25/h3-4,6-9,16H,5,10-15H2,1-2H3,(H,24,27). The Kier molecular flexibility index (Phi) is 6.95. The van der Waals surface area contributed by atoms with E-state index in [-0.39, 0.29) is 11.7 Å². The van der Waals surface area contributed by atoms with E-state index in [0.29, 0.717) is 23.2 Å². The van der Waals surface area contributed by atoms with Gasteiger partial charge in [0.25, 0.3) is 5.91 Å². The first-order valence-electron chi connectivity index (χ1n) is 9.85. The molecule has 0 aromatic heterocycles. The monoisotopic (exact) mass is 380 g/mol. The molecule has 0 radical (unpaired) electrons. The third kappa shape index (κ3) is 5.06. The van der Waals surface area contributed by atoms with Crippen molar-refractivity contribution in [3.63, 3.8) is 0 Å². The number of carbonyl (C=O) groups excluding carboxylic acids is 2. The van der Waals surface area contributed by atoms with Crippen LogP contribution in [0.2, 0.25) is 0 Å². The van der Waals surface area contributed by atoms with E-state index in [1.54, 1.807) is 24.3 Å². The van der Waals surface area contributed by atoms with E-state index < -0.39 is 0 Å². The van der Waals surface area contributed by atoms with Gasteiger partial charge in [0.15, 0.2) is 5.78 Å². The summed E-state index contributed by atoms with van der Waals surface area (Å²) in [5, 5.41) is 2.96. The van der Waals surface area contributed by atoms with E-state index >= 15 is 0 Å². The molecule has 148 valence electrons. The second-order valence-corrected chi connectivity index (χ2v) is 7.24. The minimum absolute atomic E-state index is 0.123. The molecular formula is C23H28N2O3. The van der Waals surface area contributed by atoms with Gasteiger partial charge in [0.05, 0.1) is 18.8 Å². The lowest BCUT2D eigenvalue weighted by molar-refractivity contribution is 0.0374. The number of morpholine rings is 1. The normalized spacial score (nSPS) is 14.6. The summed E-state index contributed by atoms with van der Waals surface area (Å²) in [4.78, 5) is 28.0. The van der Waals surface area contributed by atoms with Crippen LogP contribution in [0.5, 0.6) is 0 Å². The minimum atomic E-state index is -0.199. The largest absolute Gasteiger partial charge is 0.379 e. The summed E-state index contributed by atoms with van der Waals surface area (Å²) in [6.45, 7) is 8.97. The zero-order valence-corrected chi connectivity index (χ0v) is 16.7. The van der Waals surface area contributed by atoms with Crippen molar-refractivity contribution in [3.8, 4) is 0 Å². The highest BCUT2D eigenvalue weighted by molar-refractivity contribution is 6.15. The van der Waals surface area contributed by atoms with Crippen molar-refractivity contribution in [1.82, 2.24) is 10.2 Å². The van der Waals surface area contributed by atoms with Crippen LogP contribution in [0.1, 0.15) is 43.8 Å². The van der Waals surface area contributed by atoms with Gasteiger partial charge in [-0.15, -0.1) is 0 Å². The highest BCUT2D eigenvalue weighted by atomic mass is 16.5. The van der Waals surface area contributed by atoms with E-state index in [1.807, 2.05) is 32.0 Å². The molecule has 1 amide bonds. The SMILES string of the molecule is Cc1ccc(C(=O)c2ccccc2C(=O)NCCCN2CCOCC2)cc1C. The van der Waals surface area contributed by atoms with E-state index in [9.17, 15) is 9.59 Å². The summed E-state index contributed by atoms with van der Waals surface area (Å²) in [5.74, 6) is -0.322. The first kappa shape index (κ1) is 20.2. The number of carbonyl (C=O) groups is 2. The Hall–Kier alpha value is -2.50. The molecule has 0 atom stereocenters. The van der Waals surface area contributed by atoms with Crippen molar-refractivity contribution in [3.05, 3.63) is 70.3 Å². The second-order valence-electron chi connectivity index (χ2n) is 7.24. The van der Waals surface area contributed by atoms with Gasteiger partial charge in [-0.3, -0.25) is 14.5 Å². The van der Waals surface area contributed by atoms with E-state index in [4.69, 9.17) is 4.74 Å². The van der Waals surface area contributed by atoms with E-state index in [0.717, 1.165) is 50.4 Å². The molecular weight excluding hydrogens is 352 g/mol. The van der Waals surface area contributed by atoms with Crippen LogP contribution in [-0.2, 0) is 4.74 Å². The van der Waals surface area contributed by atoms with Gasteiger partial charge in [0.2, 0.25) is 0 Å². The number of hydrogen-bond acceptors (Lipinski definition) is 4. The molecule has 28 heavy (non-hydrogen) atoms. The van der Waals surface area contributed by atoms with Crippen LogP contribution >= 0.6 is 0 Å². The fourth-order valence-electron chi connectivity index (χ4n) is 3.34. The van der Waals surface area contributed by atoms with Crippen LogP contribution in [-0.4, -0.2) is 56.0 Å². The summed E-state index contributed by atoms with van der Waals surface area (Å²) in [7, 11) is 0. The van der Waals surface area contributed by atoms with Gasteiger partial charge in [-0.05, 0) is 50.1 Å². The van der Waals surface area contributed by atoms with Crippen LogP contribution in [0, 0.1) is 13.8 Å². The molecule has 5 nitrogen and oxygen atoms in total. The molecule has 2 aromatic rings. The lowest BCUT2D eigenvalue weighted by Crippen LogP contribution is -2.38. The van der Waals surface area contributed by atoms with E-state index in [2.05, 4.69) is 10.2 Å². The van der Waals surface area contributed by atoms with Crippen LogP contribution in [0.15, 0.2) is 42.5 Å². The molecule has 1 fully saturated rings. The Bertz CT molecular complexity index is 841. The van der Waals surface area contributed by atoms with Crippen LogP contribution in [0.3, 0.4) is 0 Å². The number of aryl methyl sites for hydroxylation is 2. The van der Waals surface area contributed by atoms with Crippen molar-refractivity contribution in [2.24, 2.45) is 0 Å². The smallest absolute Gasteiger partial charge is 0.252 e. The number of ketones is 1. The molecule has 0 aliphatic carbocycles. The van der Waals surface area contributed by atoms with Crippen molar-refractivity contribution >= 4 is 11.7 Å². The molecule has 1 heterocycles. The van der Waals surface area contributed by atoms with Gasteiger partial charge >= 0.3 is 0 Å². The number of nitrogens with one attached hydrogen (secondary N) is 1. The highest BCUT2D eigenvalue weighted by Gasteiger charge is 2.18. The second kappa shape index (κ2) is 9.62. The molecule has 0 unspecified atom stereocenters. The molecule has 0 spiro atoms. The third-order valence-electron chi connectivity index (χ3n) is 5.23. The molecule has 1 N–H and O–H groups in total. The fourth-order valence-corrected chi connectivity index (χ4v) is 3.34. The zero-order chi connectivity index (χ0) is 19.9. The summed E-state index contributed by atoms with van der Waals surface area (Å²) in [6, 6.07) is 12.7. The van der Waals surface area contributed by atoms with Gasteiger partial charge < -0.3 is 10.1 Å². The lowest BCUT2D eigenvalue weighted by Gasteiger charge is -2.26. The molecule has 1 aliphatic rings. The lowest BCUT2D eigenvalue weighted by atomic mass is 9.95. The molecule has 5 heteroatoms.